The van der Waals surface area contributed by atoms with Crippen LogP contribution in [0.1, 0.15) is 10.4 Å². The van der Waals surface area contributed by atoms with E-state index in [-0.39, 0.29) is 18.6 Å². The normalized spacial score (nSPS) is 10.6. The standard InChI is InChI=1S/C13H9ClF2OS/c14-13-4-2-10(18-13)7-9(17)5-8-1-3-11(15)12(16)6-8/h1-4,6H,5,7H2. The van der Waals surface area contributed by atoms with Crippen molar-refractivity contribution in [3.05, 3.63) is 56.7 Å². The number of benzene rings is 1. The van der Waals surface area contributed by atoms with E-state index in [0.29, 0.717) is 9.90 Å². The van der Waals surface area contributed by atoms with Gasteiger partial charge in [-0.15, -0.1) is 11.3 Å². The number of ketones is 1. The van der Waals surface area contributed by atoms with Gasteiger partial charge in [0, 0.05) is 17.7 Å². The van der Waals surface area contributed by atoms with Crippen LogP contribution in [0.2, 0.25) is 4.34 Å². The van der Waals surface area contributed by atoms with Gasteiger partial charge in [0.2, 0.25) is 0 Å². The van der Waals surface area contributed by atoms with E-state index in [4.69, 9.17) is 11.6 Å². The first-order valence-electron chi connectivity index (χ1n) is 5.24. The van der Waals surface area contributed by atoms with E-state index in [1.54, 1.807) is 12.1 Å². The molecule has 0 fully saturated rings. The molecule has 0 amide bonds. The van der Waals surface area contributed by atoms with Gasteiger partial charge in [0.05, 0.1) is 4.34 Å². The van der Waals surface area contributed by atoms with Crippen LogP contribution in [0.3, 0.4) is 0 Å². The number of Topliss-reactive ketones (excluding diaryl/α,β-unsaturated/α-hetero) is 1. The first-order valence-corrected chi connectivity index (χ1v) is 6.44. The van der Waals surface area contributed by atoms with Crippen LogP contribution in [0.15, 0.2) is 30.3 Å². The van der Waals surface area contributed by atoms with E-state index in [1.807, 2.05) is 0 Å². The zero-order valence-corrected chi connectivity index (χ0v) is 10.8. The Morgan fingerprint density at radius 3 is 2.50 bits per heavy atom. The first-order chi connectivity index (χ1) is 8.54. The molecule has 1 heterocycles. The van der Waals surface area contributed by atoms with E-state index in [1.165, 1.54) is 17.4 Å². The van der Waals surface area contributed by atoms with E-state index < -0.39 is 11.6 Å². The summed E-state index contributed by atoms with van der Waals surface area (Å²) in [4.78, 5) is 12.6. The van der Waals surface area contributed by atoms with E-state index >= 15 is 0 Å². The van der Waals surface area contributed by atoms with Crippen molar-refractivity contribution in [2.45, 2.75) is 12.8 Å². The molecular formula is C13H9ClF2OS. The molecule has 0 aliphatic carbocycles. The van der Waals surface area contributed by atoms with Crippen molar-refractivity contribution in [3.63, 3.8) is 0 Å². The zero-order chi connectivity index (χ0) is 13.1. The highest BCUT2D eigenvalue weighted by molar-refractivity contribution is 7.16. The molecule has 0 N–H and O–H groups in total. The largest absolute Gasteiger partial charge is 0.299 e. The Morgan fingerprint density at radius 1 is 1.11 bits per heavy atom. The molecule has 0 atom stereocenters. The molecule has 1 aromatic carbocycles. The molecule has 5 heteroatoms. The number of carbonyl (C=O) groups is 1. The lowest BCUT2D eigenvalue weighted by Gasteiger charge is -2.01. The quantitative estimate of drug-likeness (QED) is 0.829. The first kappa shape index (κ1) is 13.2. The van der Waals surface area contributed by atoms with Gasteiger partial charge < -0.3 is 0 Å². The third-order valence-corrected chi connectivity index (χ3v) is 3.62. The third-order valence-electron chi connectivity index (χ3n) is 2.39. The van der Waals surface area contributed by atoms with Gasteiger partial charge >= 0.3 is 0 Å². The molecule has 0 aliphatic rings. The number of rotatable bonds is 4. The Hall–Kier alpha value is -1.26. The number of halogens is 3. The van der Waals surface area contributed by atoms with Crippen LogP contribution in [0.25, 0.3) is 0 Å². The fourth-order valence-corrected chi connectivity index (χ4v) is 2.70. The SMILES string of the molecule is O=C(Cc1ccc(F)c(F)c1)Cc1ccc(Cl)s1. The fraction of sp³-hybridized carbons (Fsp3) is 0.154. The van der Waals surface area contributed by atoms with Crippen molar-refractivity contribution in [2.24, 2.45) is 0 Å². The van der Waals surface area contributed by atoms with Gasteiger partial charge in [-0.05, 0) is 29.8 Å². The lowest BCUT2D eigenvalue weighted by Crippen LogP contribution is -2.06. The number of carbonyl (C=O) groups excluding carboxylic acids is 1. The Kier molecular flexibility index (Phi) is 4.09. The minimum Gasteiger partial charge on any atom is -0.299 e. The van der Waals surface area contributed by atoms with Crippen molar-refractivity contribution in [2.75, 3.05) is 0 Å². The predicted octanol–water partition coefficient (Wildman–Crippen LogP) is 4.03. The molecule has 2 rings (SSSR count). The summed E-state index contributed by atoms with van der Waals surface area (Å²) in [5.41, 5.74) is 0.474. The molecule has 18 heavy (non-hydrogen) atoms. The number of hydrogen-bond donors (Lipinski definition) is 0. The average Bonchev–Trinajstić information content (AvgIpc) is 2.69. The molecule has 0 unspecified atom stereocenters. The molecule has 94 valence electrons. The number of hydrogen-bond acceptors (Lipinski definition) is 2. The molecule has 0 aliphatic heterocycles. The van der Waals surface area contributed by atoms with Gasteiger partial charge in [-0.25, -0.2) is 8.78 Å². The minimum absolute atomic E-state index is 0.0560. The Labute approximate surface area is 112 Å². The summed E-state index contributed by atoms with van der Waals surface area (Å²) in [6.07, 6.45) is 0.350. The molecule has 0 bridgehead atoms. The van der Waals surface area contributed by atoms with Gasteiger partial charge in [0.1, 0.15) is 5.78 Å². The zero-order valence-electron chi connectivity index (χ0n) is 9.25. The van der Waals surface area contributed by atoms with Gasteiger partial charge in [0.15, 0.2) is 11.6 Å². The Balaban J connectivity index is 2.00. The summed E-state index contributed by atoms with van der Waals surface area (Å²) in [6.45, 7) is 0. The minimum atomic E-state index is -0.931. The van der Waals surface area contributed by atoms with Crippen LogP contribution in [-0.4, -0.2) is 5.78 Å². The van der Waals surface area contributed by atoms with Crippen LogP contribution < -0.4 is 0 Å². The maximum atomic E-state index is 13.0. The Morgan fingerprint density at radius 2 is 1.89 bits per heavy atom. The van der Waals surface area contributed by atoms with Crippen molar-refractivity contribution in [1.82, 2.24) is 0 Å². The van der Waals surface area contributed by atoms with Crippen molar-refractivity contribution in [3.8, 4) is 0 Å². The van der Waals surface area contributed by atoms with Crippen LogP contribution in [0.4, 0.5) is 8.78 Å². The molecule has 0 spiro atoms. The molecule has 1 nitrogen and oxygen atoms in total. The van der Waals surface area contributed by atoms with Crippen LogP contribution >= 0.6 is 22.9 Å². The second-order valence-electron chi connectivity index (χ2n) is 3.85. The van der Waals surface area contributed by atoms with Gasteiger partial charge in [-0.3, -0.25) is 4.79 Å². The fourth-order valence-electron chi connectivity index (χ4n) is 1.58. The van der Waals surface area contributed by atoms with Gasteiger partial charge in [0.25, 0.3) is 0 Å². The molecule has 0 radical (unpaired) electrons. The summed E-state index contributed by atoms with van der Waals surface area (Å²) >= 11 is 7.10. The van der Waals surface area contributed by atoms with Gasteiger partial charge in [-0.1, -0.05) is 17.7 Å². The third kappa shape index (κ3) is 3.37. The van der Waals surface area contributed by atoms with E-state index in [2.05, 4.69) is 0 Å². The average molecular weight is 287 g/mol. The topological polar surface area (TPSA) is 17.1 Å². The molecule has 0 saturated carbocycles. The van der Waals surface area contributed by atoms with Crippen molar-refractivity contribution < 1.29 is 13.6 Å². The highest BCUT2D eigenvalue weighted by Gasteiger charge is 2.09. The van der Waals surface area contributed by atoms with E-state index in [0.717, 1.165) is 17.0 Å². The van der Waals surface area contributed by atoms with Crippen molar-refractivity contribution in [1.29, 1.82) is 0 Å². The predicted molar refractivity (Wildman–Crippen MR) is 68.1 cm³/mol. The second kappa shape index (κ2) is 5.59. The molecule has 0 saturated heterocycles. The molecular weight excluding hydrogens is 278 g/mol. The number of thiophene rings is 1. The molecule has 1 aromatic heterocycles. The summed E-state index contributed by atoms with van der Waals surface area (Å²) in [5.74, 6) is -1.89. The molecule has 2 aromatic rings. The Bertz CT molecular complexity index is 580. The highest BCUT2D eigenvalue weighted by Crippen LogP contribution is 2.22. The monoisotopic (exact) mass is 286 g/mol. The summed E-state index contributed by atoms with van der Waals surface area (Å²) < 4.78 is 26.3. The maximum absolute atomic E-state index is 13.0. The summed E-state index contributed by atoms with van der Waals surface area (Å²) in [6, 6.07) is 7.01. The summed E-state index contributed by atoms with van der Waals surface area (Å²) in [5, 5.41) is 0. The lowest BCUT2D eigenvalue weighted by atomic mass is 10.1. The summed E-state index contributed by atoms with van der Waals surface area (Å²) in [7, 11) is 0. The van der Waals surface area contributed by atoms with Crippen LogP contribution in [0, 0.1) is 11.6 Å². The maximum Gasteiger partial charge on any atom is 0.159 e. The smallest absolute Gasteiger partial charge is 0.159 e. The second-order valence-corrected chi connectivity index (χ2v) is 5.65. The van der Waals surface area contributed by atoms with E-state index in [9.17, 15) is 13.6 Å². The van der Waals surface area contributed by atoms with Crippen LogP contribution in [-0.2, 0) is 17.6 Å². The van der Waals surface area contributed by atoms with Gasteiger partial charge in [-0.2, -0.15) is 0 Å². The van der Waals surface area contributed by atoms with Crippen molar-refractivity contribution >= 4 is 28.7 Å². The lowest BCUT2D eigenvalue weighted by molar-refractivity contribution is -0.117. The highest BCUT2D eigenvalue weighted by atomic mass is 35.5. The van der Waals surface area contributed by atoms with Crippen LogP contribution in [0.5, 0.6) is 0 Å².